The molecule has 0 fully saturated rings. The molecule has 0 radical (unpaired) electrons. The Balaban J connectivity index is 2.29. The summed E-state index contributed by atoms with van der Waals surface area (Å²) in [5, 5.41) is 9.49. The fraction of sp³-hybridized carbons (Fsp3) is 0.0714. The maximum Gasteiger partial charge on any atom is 0.166 e. The number of aromatic nitrogens is 4. The minimum atomic E-state index is 0.862. The maximum atomic E-state index is 4.66. The van der Waals surface area contributed by atoms with Gasteiger partial charge in [-0.25, -0.2) is 4.98 Å². The molecule has 0 amide bonds. The predicted molar refractivity (Wildman–Crippen MR) is 70.5 cm³/mol. The number of imidazole rings is 1. The van der Waals surface area contributed by atoms with Crippen LogP contribution in [0.2, 0.25) is 0 Å². The third-order valence-corrected chi connectivity index (χ3v) is 3.17. The Morgan fingerprint density at radius 2 is 1.89 bits per heavy atom. The van der Waals surface area contributed by atoms with E-state index < -0.39 is 0 Å². The summed E-state index contributed by atoms with van der Waals surface area (Å²) in [6.45, 7) is 2.06. The molecule has 0 N–H and O–H groups in total. The molecule has 2 heterocycles. The van der Waals surface area contributed by atoms with Crippen molar-refractivity contribution >= 4 is 27.6 Å². The number of aryl methyl sites for hydroxylation is 1. The smallest absolute Gasteiger partial charge is 0.166 e. The van der Waals surface area contributed by atoms with Crippen molar-refractivity contribution < 1.29 is 0 Å². The first-order valence-corrected chi connectivity index (χ1v) is 5.83. The zero-order chi connectivity index (χ0) is 12.1. The van der Waals surface area contributed by atoms with Crippen molar-refractivity contribution in [2.45, 2.75) is 6.92 Å². The molecule has 0 spiro atoms. The van der Waals surface area contributed by atoms with Crippen LogP contribution in [0.5, 0.6) is 0 Å². The van der Waals surface area contributed by atoms with Crippen LogP contribution in [0.15, 0.2) is 42.5 Å². The molecule has 2 aromatic carbocycles. The molecule has 0 aliphatic carbocycles. The van der Waals surface area contributed by atoms with Gasteiger partial charge >= 0.3 is 0 Å². The van der Waals surface area contributed by atoms with Gasteiger partial charge < -0.3 is 0 Å². The topological polar surface area (TPSA) is 43.1 Å². The van der Waals surface area contributed by atoms with Crippen LogP contribution in [0.4, 0.5) is 0 Å². The average Bonchev–Trinajstić information content (AvgIpc) is 2.76. The molecule has 0 saturated carbocycles. The van der Waals surface area contributed by atoms with Gasteiger partial charge in [-0.2, -0.15) is 4.52 Å². The highest BCUT2D eigenvalue weighted by Crippen LogP contribution is 2.21. The second-order valence-electron chi connectivity index (χ2n) is 4.45. The lowest BCUT2D eigenvalue weighted by atomic mass is 10.2. The second kappa shape index (κ2) is 3.26. The van der Waals surface area contributed by atoms with Crippen molar-refractivity contribution in [1.29, 1.82) is 0 Å². The maximum absolute atomic E-state index is 4.66. The van der Waals surface area contributed by atoms with Crippen LogP contribution in [0.1, 0.15) is 5.56 Å². The van der Waals surface area contributed by atoms with Gasteiger partial charge in [-0.05, 0) is 36.8 Å². The highest BCUT2D eigenvalue weighted by molar-refractivity contribution is 5.95. The van der Waals surface area contributed by atoms with E-state index >= 15 is 0 Å². The first-order valence-electron chi connectivity index (χ1n) is 5.83. The van der Waals surface area contributed by atoms with Gasteiger partial charge in [0.25, 0.3) is 0 Å². The average molecular weight is 234 g/mol. The predicted octanol–water partition coefficient (Wildman–Crippen LogP) is 2.74. The van der Waals surface area contributed by atoms with Crippen molar-refractivity contribution in [3.8, 4) is 0 Å². The fourth-order valence-electron chi connectivity index (χ4n) is 2.29. The number of fused-ring (bicyclic) bond motifs is 5. The van der Waals surface area contributed by atoms with E-state index in [2.05, 4.69) is 34.4 Å². The van der Waals surface area contributed by atoms with Gasteiger partial charge in [-0.1, -0.05) is 23.4 Å². The van der Waals surface area contributed by atoms with Crippen molar-refractivity contribution in [2.24, 2.45) is 0 Å². The summed E-state index contributed by atoms with van der Waals surface area (Å²) in [5.74, 6) is 0. The highest BCUT2D eigenvalue weighted by atomic mass is 15.4. The molecule has 86 valence electrons. The van der Waals surface area contributed by atoms with Crippen LogP contribution in [0.3, 0.4) is 0 Å². The molecule has 0 aliphatic heterocycles. The van der Waals surface area contributed by atoms with E-state index in [-0.39, 0.29) is 0 Å². The standard InChI is InChI=1S/C14H10N4/c1-9-6-7-13-12(8-9)15-14-10-4-2-3-5-11(10)16-17-18(13)14/h2-8H,1H3. The summed E-state index contributed by atoms with van der Waals surface area (Å²) in [6.07, 6.45) is 0. The monoisotopic (exact) mass is 234 g/mol. The van der Waals surface area contributed by atoms with Gasteiger partial charge in [0.1, 0.15) is 0 Å². The SMILES string of the molecule is Cc1ccc2c(c1)nc1c3ccccc3nnn21. The number of benzene rings is 2. The largest absolute Gasteiger partial charge is 0.226 e. The normalized spacial score (nSPS) is 11.6. The van der Waals surface area contributed by atoms with Crippen LogP contribution in [-0.2, 0) is 0 Å². The highest BCUT2D eigenvalue weighted by Gasteiger charge is 2.09. The van der Waals surface area contributed by atoms with E-state index in [1.165, 1.54) is 5.56 Å². The van der Waals surface area contributed by atoms with Crippen LogP contribution in [-0.4, -0.2) is 19.8 Å². The summed E-state index contributed by atoms with van der Waals surface area (Å²) in [4.78, 5) is 4.66. The lowest BCUT2D eigenvalue weighted by Crippen LogP contribution is -1.95. The molecule has 4 nitrogen and oxygen atoms in total. The van der Waals surface area contributed by atoms with Crippen LogP contribution < -0.4 is 0 Å². The molecule has 4 heteroatoms. The zero-order valence-corrected chi connectivity index (χ0v) is 9.83. The van der Waals surface area contributed by atoms with Crippen LogP contribution >= 0.6 is 0 Å². The van der Waals surface area contributed by atoms with Gasteiger partial charge in [0.15, 0.2) is 5.65 Å². The van der Waals surface area contributed by atoms with E-state index in [9.17, 15) is 0 Å². The minimum absolute atomic E-state index is 0.862. The van der Waals surface area contributed by atoms with Gasteiger partial charge in [-0.3, -0.25) is 0 Å². The van der Waals surface area contributed by atoms with Crippen LogP contribution in [0, 0.1) is 6.92 Å². The summed E-state index contributed by atoms with van der Waals surface area (Å²) in [7, 11) is 0. The minimum Gasteiger partial charge on any atom is -0.226 e. The van der Waals surface area contributed by atoms with E-state index in [0.717, 1.165) is 27.6 Å². The Hall–Kier alpha value is -2.49. The molecule has 4 rings (SSSR count). The molecule has 2 aromatic heterocycles. The van der Waals surface area contributed by atoms with E-state index in [1.807, 2.05) is 30.3 Å². The Kier molecular flexibility index (Phi) is 1.73. The summed E-state index contributed by atoms with van der Waals surface area (Å²) < 4.78 is 1.80. The summed E-state index contributed by atoms with van der Waals surface area (Å²) in [6, 6.07) is 14.1. The first kappa shape index (κ1) is 9.53. The number of rotatable bonds is 0. The van der Waals surface area contributed by atoms with Gasteiger partial charge in [-0.15, -0.1) is 5.10 Å². The number of hydrogen-bond acceptors (Lipinski definition) is 3. The van der Waals surface area contributed by atoms with Crippen molar-refractivity contribution in [3.63, 3.8) is 0 Å². The second-order valence-corrected chi connectivity index (χ2v) is 4.45. The third kappa shape index (κ3) is 1.17. The molecule has 0 unspecified atom stereocenters. The number of nitrogens with zero attached hydrogens (tertiary/aromatic N) is 4. The Bertz CT molecular complexity index is 892. The summed E-state index contributed by atoms with van der Waals surface area (Å²) in [5.41, 5.74) is 4.89. The Morgan fingerprint density at radius 1 is 1.00 bits per heavy atom. The van der Waals surface area contributed by atoms with Gasteiger partial charge in [0.05, 0.1) is 16.6 Å². The van der Waals surface area contributed by atoms with E-state index in [0.29, 0.717) is 0 Å². The van der Waals surface area contributed by atoms with Gasteiger partial charge in [0, 0.05) is 5.39 Å². The molecular weight excluding hydrogens is 224 g/mol. The number of hydrogen-bond donors (Lipinski definition) is 0. The molecule has 4 aromatic rings. The summed E-state index contributed by atoms with van der Waals surface area (Å²) >= 11 is 0. The fourth-order valence-corrected chi connectivity index (χ4v) is 2.29. The molecular formula is C14H10N4. The van der Waals surface area contributed by atoms with E-state index in [1.54, 1.807) is 4.52 Å². The van der Waals surface area contributed by atoms with Crippen LogP contribution in [0.25, 0.3) is 27.6 Å². The molecule has 0 aliphatic rings. The molecule has 0 atom stereocenters. The van der Waals surface area contributed by atoms with Crippen molar-refractivity contribution in [2.75, 3.05) is 0 Å². The zero-order valence-electron chi connectivity index (χ0n) is 9.83. The lowest BCUT2D eigenvalue weighted by Gasteiger charge is -1.97. The third-order valence-electron chi connectivity index (χ3n) is 3.17. The molecule has 18 heavy (non-hydrogen) atoms. The van der Waals surface area contributed by atoms with Gasteiger partial charge in [0.2, 0.25) is 0 Å². The molecule has 0 bridgehead atoms. The quantitative estimate of drug-likeness (QED) is 0.470. The van der Waals surface area contributed by atoms with E-state index in [4.69, 9.17) is 0 Å². The van der Waals surface area contributed by atoms with Crippen molar-refractivity contribution in [3.05, 3.63) is 48.0 Å². The Labute approximate surface area is 103 Å². The molecule has 0 saturated heterocycles. The van der Waals surface area contributed by atoms with Crippen molar-refractivity contribution in [1.82, 2.24) is 19.8 Å². The first-order chi connectivity index (χ1) is 8.83. The lowest BCUT2D eigenvalue weighted by molar-refractivity contribution is 0.850. The Morgan fingerprint density at radius 3 is 2.83 bits per heavy atom.